The van der Waals surface area contributed by atoms with Gasteiger partial charge in [-0.25, -0.2) is 0 Å². The van der Waals surface area contributed by atoms with Gasteiger partial charge in [-0.05, 0) is 24.3 Å². The number of hydrogen-bond acceptors (Lipinski definition) is 2. The Bertz CT molecular complexity index is 695. The number of benzene rings is 1. The minimum Gasteiger partial charge on any atom is -0.356 e. The molecule has 2 rings (SSSR count). The molecule has 0 bridgehead atoms. The van der Waals surface area contributed by atoms with E-state index in [1.165, 1.54) is 18.3 Å². The third kappa shape index (κ3) is 3.43. The summed E-state index contributed by atoms with van der Waals surface area (Å²) in [4.78, 5) is 24.9. The average Bonchev–Trinajstić information content (AvgIpc) is 2.88. The predicted octanol–water partition coefficient (Wildman–Crippen LogP) is 3.75. The number of rotatable bonds is 3. The number of aldehydes is 1. The Morgan fingerprint density at radius 1 is 1.29 bits per heavy atom. The van der Waals surface area contributed by atoms with E-state index < -0.39 is 22.7 Å². The lowest BCUT2D eigenvalue weighted by atomic mass is 10.2. The summed E-state index contributed by atoms with van der Waals surface area (Å²) in [5, 5.41) is 1.84. The van der Waals surface area contributed by atoms with Crippen molar-refractivity contribution in [3.8, 4) is 0 Å². The highest BCUT2D eigenvalue weighted by molar-refractivity contribution is 6.31. The van der Waals surface area contributed by atoms with E-state index in [2.05, 4.69) is 10.3 Å². The minimum atomic E-state index is -4.62. The fourth-order valence-electron chi connectivity index (χ4n) is 1.63. The molecule has 110 valence electrons. The lowest BCUT2D eigenvalue weighted by Crippen LogP contribution is -2.13. The number of H-pyrrole nitrogens is 1. The molecule has 21 heavy (non-hydrogen) atoms. The van der Waals surface area contributed by atoms with Crippen molar-refractivity contribution in [3.63, 3.8) is 0 Å². The van der Waals surface area contributed by atoms with Crippen molar-refractivity contribution in [1.29, 1.82) is 0 Å². The standard InChI is InChI=1S/C13H8ClF3N2O2/c14-10-2-1-8(4-9(10)13(15,16)17)19-12(21)11-3-7(6-20)5-18-11/h1-6,18H,(H,19,21). The maximum Gasteiger partial charge on any atom is 0.417 e. The number of carbonyl (C=O) groups excluding carboxylic acids is 2. The third-order valence-electron chi connectivity index (χ3n) is 2.62. The minimum absolute atomic E-state index is 0.0561. The highest BCUT2D eigenvalue weighted by Gasteiger charge is 2.33. The number of alkyl halides is 3. The second-order valence-corrected chi connectivity index (χ2v) is 4.52. The second kappa shape index (κ2) is 5.61. The maximum absolute atomic E-state index is 12.7. The first-order valence-electron chi connectivity index (χ1n) is 5.63. The van der Waals surface area contributed by atoms with Gasteiger partial charge in [0, 0.05) is 17.4 Å². The van der Waals surface area contributed by atoms with Gasteiger partial charge in [-0.3, -0.25) is 9.59 Å². The normalized spacial score (nSPS) is 11.2. The van der Waals surface area contributed by atoms with Crippen LogP contribution in [-0.2, 0) is 6.18 Å². The van der Waals surface area contributed by atoms with Crippen molar-refractivity contribution in [3.05, 3.63) is 52.3 Å². The molecule has 0 aliphatic rings. The molecule has 1 heterocycles. The monoisotopic (exact) mass is 316 g/mol. The summed E-state index contributed by atoms with van der Waals surface area (Å²) < 4.78 is 38.1. The topological polar surface area (TPSA) is 62.0 Å². The van der Waals surface area contributed by atoms with Crippen molar-refractivity contribution in [2.24, 2.45) is 0 Å². The van der Waals surface area contributed by atoms with Crippen LogP contribution in [0, 0.1) is 0 Å². The fraction of sp³-hybridized carbons (Fsp3) is 0.0769. The van der Waals surface area contributed by atoms with Crippen LogP contribution in [0.15, 0.2) is 30.5 Å². The van der Waals surface area contributed by atoms with E-state index in [-0.39, 0.29) is 16.9 Å². The van der Waals surface area contributed by atoms with E-state index in [9.17, 15) is 22.8 Å². The maximum atomic E-state index is 12.7. The number of anilines is 1. The van der Waals surface area contributed by atoms with E-state index >= 15 is 0 Å². The summed E-state index contributed by atoms with van der Waals surface area (Å²) in [6, 6.07) is 4.32. The predicted molar refractivity (Wildman–Crippen MR) is 70.6 cm³/mol. The number of nitrogens with one attached hydrogen (secondary N) is 2. The molecule has 0 saturated heterocycles. The zero-order valence-corrected chi connectivity index (χ0v) is 11.0. The van der Waals surface area contributed by atoms with Crippen molar-refractivity contribution in [2.75, 3.05) is 5.32 Å². The smallest absolute Gasteiger partial charge is 0.356 e. The van der Waals surface area contributed by atoms with Crippen LogP contribution in [0.4, 0.5) is 18.9 Å². The van der Waals surface area contributed by atoms with Crippen LogP contribution in [0.25, 0.3) is 0 Å². The molecule has 0 spiro atoms. The fourth-order valence-corrected chi connectivity index (χ4v) is 1.85. The van der Waals surface area contributed by atoms with Gasteiger partial charge in [-0.15, -0.1) is 0 Å². The summed E-state index contributed by atoms with van der Waals surface area (Å²) >= 11 is 5.48. The Labute approximate surface area is 121 Å². The molecular formula is C13H8ClF3N2O2. The molecule has 0 radical (unpaired) electrons. The summed E-state index contributed by atoms with van der Waals surface area (Å²) in [7, 11) is 0. The first-order valence-corrected chi connectivity index (χ1v) is 6.01. The van der Waals surface area contributed by atoms with Gasteiger partial charge < -0.3 is 10.3 Å². The molecule has 0 aliphatic carbocycles. The Hall–Kier alpha value is -2.28. The quantitative estimate of drug-likeness (QED) is 0.847. The Morgan fingerprint density at radius 3 is 2.57 bits per heavy atom. The Balaban J connectivity index is 2.23. The summed E-state index contributed by atoms with van der Waals surface area (Å²) in [6.45, 7) is 0. The molecule has 0 aliphatic heterocycles. The van der Waals surface area contributed by atoms with E-state index in [0.717, 1.165) is 12.1 Å². The molecule has 2 N–H and O–H groups in total. The summed E-state index contributed by atoms with van der Waals surface area (Å²) in [6.07, 6.45) is -2.77. The Kier molecular flexibility index (Phi) is 4.04. The highest BCUT2D eigenvalue weighted by Crippen LogP contribution is 2.36. The van der Waals surface area contributed by atoms with Crippen molar-refractivity contribution < 1.29 is 22.8 Å². The van der Waals surface area contributed by atoms with Gasteiger partial charge in [-0.1, -0.05) is 11.6 Å². The van der Waals surface area contributed by atoms with Gasteiger partial charge >= 0.3 is 6.18 Å². The molecule has 0 fully saturated rings. The molecule has 2 aromatic rings. The highest BCUT2D eigenvalue weighted by atomic mass is 35.5. The van der Waals surface area contributed by atoms with Crippen LogP contribution in [0.2, 0.25) is 5.02 Å². The lowest BCUT2D eigenvalue weighted by Gasteiger charge is -2.11. The number of aromatic amines is 1. The van der Waals surface area contributed by atoms with Gasteiger partial charge in [0.15, 0.2) is 6.29 Å². The number of halogens is 4. The largest absolute Gasteiger partial charge is 0.417 e. The van der Waals surface area contributed by atoms with E-state index in [1.54, 1.807) is 0 Å². The molecular weight excluding hydrogens is 309 g/mol. The third-order valence-corrected chi connectivity index (χ3v) is 2.95. The summed E-state index contributed by atoms with van der Waals surface area (Å²) in [5.41, 5.74) is -0.783. The number of amides is 1. The molecule has 1 aromatic carbocycles. The van der Waals surface area contributed by atoms with E-state index in [0.29, 0.717) is 6.29 Å². The van der Waals surface area contributed by atoms with Crippen LogP contribution in [-0.4, -0.2) is 17.2 Å². The van der Waals surface area contributed by atoms with Gasteiger partial charge in [-0.2, -0.15) is 13.2 Å². The lowest BCUT2D eigenvalue weighted by molar-refractivity contribution is -0.137. The number of aromatic nitrogens is 1. The molecule has 1 amide bonds. The van der Waals surface area contributed by atoms with Gasteiger partial charge in [0.25, 0.3) is 5.91 Å². The van der Waals surface area contributed by atoms with Crippen LogP contribution in [0.5, 0.6) is 0 Å². The zero-order valence-electron chi connectivity index (χ0n) is 10.3. The van der Waals surface area contributed by atoms with Gasteiger partial charge in [0.05, 0.1) is 10.6 Å². The molecule has 8 heteroatoms. The van der Waals surface area contributed by atoms with Crippen LogP contribution < -0.4 is 5.32 Å². The average molecular weight is 317 g/mol. The molecule has 1 aromatic heterocycles. The van der Waals surface area contributed by atoms with Crippen LogP contribution in [0.1, 0.15) is 26.4 Å². The van der Waals surface area contributed by atoms with Crippen molar-refractivity contribution >= 4 is 29.5 Å². The number of hydrogen-bond donors (Lipinski definition) is 2. The number of carbonyl (C=O) groups is 2. The first-order chi connectivity index (χ1) is 9.81. The van der Waals surface area contributed by atoms with Crippen molar-refractivity contribution in [2.45, 2.75) is 6.18 Å². The molecule has 0 unspecified atom stereocenters. The molecule has 0 saturated carbocycles. The van der Waals surface area contributed by atoms with Gasteiger partial charge in [0.1, 0.15) is 5.69 Å². The molecule has 4 nitrogen and oxygen atoms in total. The van der Waals surface area contributed by atoms with Crippen molar-refractivity contribution in [1.82, 2.24) is 4.98 Å². The SMILES string of the molecule is O=Cc1c[nH]c(C(=O)Nc2ccc(Cl)c(C(F)(F)F)c2)c1. The Morgan fingerprint density at radius 2 is 2.00 bits per heavy atom. The second-order valence-electron chi connectivity index (χ2n) is 4.11. The van der Waals surface area contributed by atoms with Crippen LogP contribution >= 0.6 is 11.6 Å². The van der Waals surface area contributed by atoms with E-state index in [1.807, 2.05) is 0 Å². The van der Waals surface area contributed by atoms with Gasteiger partial charge in [0.2, 0.25) is 0 Å². The first kappa shape index (κ1) is 15.1. The summed E-state index contributed by atoms with van der Waals surface area (Å²) in [5.74, 6) is -0.668. The van der Waals surface area contributed by atoms with E-state index in [4.69, 9.17) is 11.6 Å². The molecule has 0 atom stereocenters. The zero-order chi connectivity index (χ0) is 15.6. The van der Waals surface area contributed by atoms with Crippen LogP contribution in [0.3, 0.4) is 0 Å².